The van der Waals surface area contributed by atoms with Gasteiger partial charge in [-0.2, -0.15) is 4.99 Å². The monoisotopic (exact) mass is 411 g/mol. The fourth-order valence-corrected chi connectivity index (χ4v) is 2.90. The number of fused-ring (bicyclic) bond motifs is 1. The molecule has 1 amide bonds. The van der Waals surface area contributed by atoms with Gasteiger partial charge in [-0.25, -0.2) is 9.59 Å². The first-order chi connectivity index (χ1) is 15.1. The lowest BCUT2D eigenvalue weighted by molar-refractivity contribution is 0.100. The van der Waals surface area contributed by atoms with E-state index in [0.717, 1.165) is 21.9 Å². The number of rotatable bonds is 6. The number of hydrogen-bond acceptors (Lipinski definition) is 5. The highest BCUT2D eigenvalue weighted by atomic mass is 16.2. The molecule has 0 radical (unpaired) electrons. The molecule has 0 aliphatic carbocycles. The number of isocyanates is 2. The van der Waals surface area contributed by atoms with Gasteiger partial charge in [0.1, 0.15) is 0 Å². The van der Waals surface area contributed by atoms with E-state index in [1.54, 1.807) is 36.4 Å². The van der Waals surface area contributed by atoms with Crippen LogP contribution in [-0.2, 0) is 9.59 Å². The van der Waals surface area contributed by atoms with Crippen molar-refractivity contribution in [1.29, 1.82) is 0 Å². The molecule has 0 fully saturated rings. The molecule has 0 bridgehead atoms. The van der Waals surface area contributed by atoms with Gasteiger partial charge >= 0.3 is 0 Å². The van der Waals surface area contributed by atoms with Crippen molar-refractivity contribution < 1.29 is 14.4 Å². The molecule has 3 aromatic rings. The van der Waals surface area contributed by atoms with Crippen LogP contribution in [-0.4, -0.2) is 24.6 Å². The quantitative estimate of drug-likeness (QED) is 0.417. The van der Waals surface area contributed by atoms with Gasteiger partial charge in [0.25, 0.3) is 5.91 Å². The normalized spacial score (nSPS) is 9.32. The summed E-state index contributed by atoms with van der Waals surface area (Å²) in [5.74, 6) is -0.596. The Morgan fingerprint density at radius 2 is 1.84 bits per heavy atom. The number of hydrogen-bond donors (Lipinski definition) is 1. The Labute approximate surface area is 180 Å². The summed E-state index contributed by atoms with van der Waals surface area (Å²) < 4.78 is 0. The summed E-state index contributed by atoms with van der Waals surface area (Å²) in [5.41, 5.74) is 3.55. The number of nitrogens with zero attached hydrogens (tertiary/aromatic N) is 2. The lowest BCUT2D eigenvalue weighted by Crippen LogP contribution is -2.05. The number of benzene rings is 3. The lowest BCUT2D eigenvalue weighted by Gasteiger charge is -2.08. The van der Waals surface area contributed by atoms with E-state index in [9.17, 15) is 14.4 Å². The minimum atomic E-state index is -0.596. The first kappa shape index (κ1) is 22.9. The molecule has 0 atom stereocenters. The molecule has 31 heavy (non-hydrogen) atoms. The highest BCUT2D eigenvalue weighted by molar-refractivity contribution is 6.02. The van der Waals surface area contributed by atoms with Crippen LogP contribution in [0.5, 0.6) is 0 Å². The summed E-state index contributed by atoms with van der Waals surface area (Å²) in [6.45, 7) is 9.98. The van der Waals surface area contributed by atoms with Gasteiger partial charge in [0.2, 0.25) is 12.2 Å². The van der Waals surface area contributed by atoms with Gasteiger partial charge in [-0.1, -0.05) is 55.6 Å². The van der Waals surface area contributed by atoms with Crippen molar-refractivity contribution in [2.45, 2.75) is 6.92 Å². The topological polar surface area (TPSA) is 88.0 Å². The van der Waals surface area contributed by atoms with Gasteiger partial charge in [0.05, 0.1) is 11.3 Å². The predicted molar refractivity (Wildman–Crippen MR) is 125 cm³/mol. The van der Waals surface area contributed by atoms with Crippen LogP contribution in [0.3, 0.4) is 0 Å². The Kier molecular flexibility index (Phi) is 8.57. The van der Waals surface area contributed by atoms with Gasteiger partial charge in [-0.15, -0.1) is 4.99 Å². The molecule has 0 aromatic heterocycles. The van der Waals surface area contributed by atoms with Crippen LogP contribution in [0.15, 0.2) is 77.7 Å². The fraction of sp³-hybridized carbons (Fsp3) is 0.0800. The number of aliphatic imine (C=N–C) groups is 2. The number of amides is 1. The lowest BCUT2D eigenvalue weighted by atomic mass is 10.0. The van der Waals surface area contributed by atoms with Crippen molar-refractivity contribution >= 4 is 52.4 Å². The molecule has 0 unspecified atom stereocenters. The Balaban J connectivity index is 0.000000220. The molecule has 0 heterocycles. The van der Waals surface area contributed by atoms with E-state index < -0.39 is 5.91 Å². The maximum atomic E-state index is 11.4. The average Bonchev–Trinajstić information content (AvgIpc) is 2.79. The van der Waals surface area contributed by atoms with Crippen LogP contribution in [0.2, 0.25) is 0 Å². The molecular weight excluding hydrogens is 390 g/mol. The molecule has 1 N–H and O–H groups in total. The Morgan fingerprint density at radius 3 is 2.48 bits per heavy atom. The summed E-state index contributed by atoms with van der Waals surface area (Å²) in [6.07, 6.45) is 6.24. The zero-order chi connectivity index (χ0) is 22.6. The summed E-state index contributed by atoms with van der Waals surface area (Å²) in [6, 6.07) is 16.7. The highest BCUT2D eigenvalue weighted by Crippen LogP contribution is 2.24. The number of carbonyl (C=O) groups excluding carboxylic acids is 3. The van der Waals surface area contributed by atoms with Crippen LogP contribution >= 0.6 is 0 Å². The van der Waals surface area contributed by atoms with Gasteiger partial charge in [0.15, 0.2) is 0 Å². The van der Waals surface area contributed by atoms with Gasteiger partial charge in [-0.05, 0) is 53.1 Å². The van der Waals surface area contributed by atoms with Crippen LogP contribution in [0.1, 0.15) is 28.4 Å². The zero-order valence-electron chi connectivity index (χ0n) is 17.1. The SMILES string of the molecule is C=Cc1ccc(C(=O)N=C=O)c(NCC)c1.C=Cc1cccc2ccc(N=C=O)cc12. The standard InChI is InChI=1S/C13H9NO.C12H12N2O2/c1-2-10-4-3-5-11-6-7-12(14-9-15)8-13(10)11;1-3-9-5-6-10(12(16)14-8-15)11(7-9)13-4-2/h2-8H,1H2;3,5-7,13H,1,4H2,2H3. The number of carbonyl (C=O) groups is 1. The Hall–Kier alpha value is -4.37. The fourth-order valence-electron chi connectivity index (χ4n) is 2.90. The second kappa shape index (κ2) is 11.6. The van der Waals surface area contributed by atoms with E-state index in [2.05, 4.69) is 28.5 Å². The molecular formula is C25H21N3O3. The molecule has 0 saturated carbocycles. The maximum absolute atomic E-state index is 11.4. The molecule has 0 aliphatic heterocycles. The second-order valence-electron chi connectivity index (χ2n) is 6.21. The minimum Gasteiger partial charge on any atom is -0.385 e. The molecule has 0 saturated heterocycles. The molecule has 0 spiro atoms. The highest BCUT2D eigenvalue weighted by Gasteiger charge is 2.10. The molecule has 6 nitrogen and oxygen atoms in total. The maximum Gasteiger partial charge on any atom is 0.289 e. The van der Waals surface area contributed by atoms with Crippen molar-refractivity contribution in [3.63, 3.8) is 0 Å². The first-order valence-electron chi connectivity index (χ1n) is 9.43. The van der Waals surface area contributed by atoms with Crippen molar-refractivity contribution in [3.05, 3.63) is 84.4 Å². The molecule has 3 aromatic carbocycles. The molecule has 0 aliphatic rings. The van der Waals surface area contributed by atoms with Crippen molar-refractivity contribution in [2.24, 2.45) is 9.98 Å². The van der Waals surface area contributed by atoms with Gasteiger partial charge < -0.3 is 5.32 Å². The summed E-state index contributed by atoms with van der Waals surface area (Å²) >= 11 is 0. The molecule has 154 valence electrons. The van der Waals surface area contributed by atoms with Crippen LogP contribution < -0.4 is 5.32 Å². The third-order valence-corrected chi connectivity index (χ3v) is 4.32. The third kappa shape index (κ3) is 6.05. The largest absolute Gasteiger partial charge is 0.385 e. The predicted octanol–water partition coefficient (Wildman–Crippen LogP) is 5.69. The molecule has 6 heteroatoms. The van der Waals surface area contributed by atoms with Crippen molar-refractivity contribution in [1.82, 2.24) is 0 Å². The number of anilines is 1. The Bertz CT molecular complexity index is 1220. The van der Waals surface area contributed by atoms with Crippen LogP contribution in [0.25, 0.3) is 22.9 Å². The minimum absolute atomic E-state index is 0.357. The summed E-state index contributed by atoms with van der Waals surface area (Å²) in [7, 11) is 0. The zero-order valence-corrected chi connectivity index (χ0v) is 17.1. The van der Waals surface area contributed by atoms with E-state index in [1.807, 2.05) is 37.3 Å². The van der Waals surface area contributed by atoms with E-state index in [-0.39, 0.29) is 0 Å². The molecule has 3 rings (SSSR count). The summed E-state index contributed by atoms with van der Waals surface area (Å²) in [5, 5.41) is 5.19. The van der Waals surface area contributed by atoms with E-state index in [4.69, 9.17) is 0 Å². The van der Waals surface area contributed by atoms with Crippen molar-refractivity contribution in [3.8, 4) is 0 Å². The summed E-state index contributed by atoms with van der Waals surface area (Å²) in [4.78, 5) is 38.3. The van der Waals surface area contributed by atoms with Gasteiger partial charge in [-0.3, -0.25) is 4.79 Å². The first-order valence-corrected chi connectivity index (χ1v) is 9.43. The third-order valence-electron chi connectivity index (χ3n) is 4.32. The smallest absolute Gasteiger partial charge is 0.289 e. The van der Waals surface area contributed by atoms with Gasteiger partial charge in [0, 0.05) is 12.2 Å². The van der Waals surface area contributed by atoms with E-state index >= 15 is 0 Å². The number of nitrogens with one attached hydrogen (secondary N) is 1. The van der Waals surface area contributed by atoms with E-state index in [1.165, 1.54) is 12.2 Å². The van der Waals surface area contributed by atoms with Crippen molar-refractivity contribution in [2.75, 3.05) is 11.9 Å². The van der Waals surface area contributed by atoms with Crippen LogP contribution in [0.4, 0.5) is 11.4 Å². The van der Waals surface area contributed by atoms with Crippen LogP contribution in [0, 0.1) is 0 Å². The Morgan fingerprint density at radius 1 is 1.03 bits per heavy atom. The average molecular weight is 411 g/mol. The second-order valence-corrected chi connectivity index (χ2v) is 6.21. The van der Waals surface area contributed by atoms with E-state index in [0.29, 0.717) is 23.5 Å².